The van der Waals surface area contributed by atoms with Crippen LogP contribution in [-0.4, -0.2) is 18.1 Å². The summed E-state index contributed by atoms with van der Waals surface area (Å²) in [6.45, 7) is 0.128. The lowest BCUT2D eigenvalue weighted by Crippen LogP contribution is -2.58. The molecular formula is C32H49NO2. The molecule has 1 aromatic carbocycles. The third kappa shape index (κ3) is 6.25. The molecule has 0 radical (unpaired) electrons. The molecule has 3 heteroatoms. The van der Waals surface area contributed by atoms with Gasteiger partial charge in [0.2, 0.25) is 0 Å². The fourth-order valence-electron chi connectivity index (χ4n) is 8.53. The van der Waals surface area contributed by atoms with Crippen molar-refractivity contribution in [3.05, 3.63) is 30.3 Å². The summed E-state index contributed by atoms with van der Waals surface area (Å²) in [5.74, 6) is 3.74. The largest absolute Gasteiger partial charge is 0.484 e. The molecule has 5 saturated carbocycles. The smallest absolute Gasteiger partial charge is 0.258 e. The molecule has 3 nitrogen and oxygen atoms in total. The maximum absolute atomic E-state index is 12.8. The molecule has 6 rings (SSSR count). The van der Waals surface area contributed by atoms with Crippen LogP contribution in [0.3, 0.4) is 0 Å². The van der Waals surface area contributed by atoms with Crippen LogP contribution in [0.1, 0.15) is 122 Å². The Morgan fingerprint density at radius 3 is 2.00 bits per heavy atom. The van der Waals surface area contributed by atoms with Gasteiger partial charge in [-0.15, -0.1) is 0 Å². The van der Waals surface area contributed by atoms with Gasteiger partial charge in [0.25, 0.3) is 5.91 Å². The second-order valence-electron chi connectivity index (χ2n) is 12.7. The van der Waals surface area contributed by atoms with Crippen molar-refractivity contribution < 1.29 is 9.53 Å². The number of para-hydroxylation sites is 1. The van der Waals surface area contributed by atoms with E-state index in [1.165, 1.54) is 122 Å². The molecule has 0 spiro atoms. The highest BCUT2D eigenvalue weighted by molar-refractivity contribution is 5.78. The van der Waals surface area contributed by atoms with Crippen molar-refractivity contribution in [3.63, 3.8) is 0 Å². The van der Waals surface area contributed by atoms with Crippen LogP contribution in [0.2, 0.25) is 0 Å². The van der Waals surface area contributed by atoms with Crippen LogP contribution in [0.5, 0.6) is 5.75 Å². The number of carbonyl (C=O) groups is 1. The first-order valence-electron chi connectivity index (χ1n) is 15.2. The molecule has 5 aliphatic rings. The van der Waals surface area contributed by atoms with E-state index in [0.29, 0.717) is 5.41 Å². The minimum atomic E-state index is 0.0286. The summed E-state index contributed by atoms with van der Waals surface area (Å²) in [4.78, 5) is 12.8. The molecular weight excluding hydrogens is 430 g/mol. The van der Waals surface area contributed by atoms with Crippen LogP contribution in [0, 0.1) is 23.2 Å². The Morgan fingerprint density at radius 2 is 1.31 bits per heavy atom. The van der Waals surface area contributed by atoms with E-state index in [2.05, 4.69) is 5.32 Å². The molecule has 194 valence electrons. The topological polar surface area (TPSA) is 38.3 Å². The fourth-order valence-corrected chi connectivity index (χ4v) is 8.53. The number of fused-ring (bicyclic) bond motifs is 3. The van der Waals surface area contributed by atoms with Crippen LogP contribution in [0.15, 0.2) is 30.3 Å². The summed E-state index contributed by atoms with van der Waals surface area (Å²) in [6.07, 6.45) is 26.8. The van der Waals surface area contributed by atoms with Gasteiger partial charge in [-0.25, -0.2) is 0 Å². The molecule has 1 N–H and O–H groups in total. The van der Waals surface area contributed by atoms with Gasteiger partial charge in [0.1, 0.15) is 5.75 Å². The van der Waals surface area contributed by atoms with Gasteiger partial charge in [-0.05, 0) is 86.7 Å². The van der Waals surface area contributed by atoms with Crippen molar-refractivity contribution in [2.24, 2.45) is 23.2 Å². The fraction of sp³-hybridized carbons (Fsp3) is 0.781. The van der Waals surface area contributed by atoms with Crippen molar-refractivity contribution in [1.82, 2.24) is 5.32 Å². The number of amides is 1. The molecule has 0 aliphatic heterocycles. The van der Waals surface area contributed by atoms with Gasteiger partial charge in [-0.3, -0.25) is 4.79 Å². The first kappa shape index (κ1) is 25.2. The predicted octanol–water partition coefficient (Wildman–Crippen LogP) is 8.22. The maximum Gasteiger partial charge on any atom is 0.258 e. The number of rotatable bonds is 6. The van der Waals surface area contributed by atoms with E-state index in [-0.39, 0.29) is 18.1 Å². The Labute approximate surface area is 214 Å². The molecule has 2 atom stereocenters. The molecule has 5 aliphatic carbocycles. The first-order chi connectivity index (χ1) is 17.2. The lowest BCUT2D eigenvalue weighted by atomic mass is 9.51. The predicted molar refractivity (Wildman–Crippen MR) is 143 cm³/mol. The number of ether oxygens (including phenoxy) is 1. The molecule has 5 fully saturated rings. The Bertz CT molecular complexity index is 771. The monoisotopic (exact) mass is 479 g/mol. The standard InChI is InChI=1S/C32H49NO2/c34-30(25-35-29-16-8-5-9-17-29)33-32-21-18-31(19-22-32,20-23-32)28-15-11-10-14-27(24-28)26-12-6-3-1-2-4-7-13-26/h5,8-9,16-17,26-28H,1-4,6-7,10-15,18-25H2,(H,33,34). The van der Waals surface area contributed by atoms with Gasteiger partial charge in [0.05, 0.1) is 0 Å². The van der Waals surface area contributed by atoms with Gasteiger partial charge in [-0.1, -0.05) is 88.8 Å². The highest BCUT2D eigenvalue weighted by atomic mass is 16.5. The number of carbonyl (C=O) groups excluding carboxylic acids is 1. The third-order valence-electron chi connectivity index (χ3n) is 10.7. The van der Waals surface area contributed by atoms with E-state index in [1.807, 2.05) is 30.3 Å². The lowest BCUT2D eigenvalue weighted by molar-refractivity contribution is -0.128. The molecule has 0 aromatic heterocycles. The average Bonchev–Trinajstić information content (AvgIpc) is 3.07. The molecule has 0 saturated heterocycles. The first-order valence-corrected chi connectivity index (χ1v) is 15.2. The summed E-state index contributed by atoms with van der Waals surface area (Å²) in [6, 6.07) is 9.70. The van der Waals surface area contributed by atoms with Crippen molar-refractivity contribution in [1.29, 1.82) is 0 Å². The SMILES string of the molecule is O=C(COc1ccccc1)NC12CCC(C3CCCCC(C4CCCCCCCC4)C3)(CC1)CC2. The van der Waals surface area contributed by atoms with Gasteiger partial charge < -0.3 is 10.1 Å². The Morgan fingerprint density at radius 1 is 0.743 bits per heavy atom. The number of hydrogen-bond acceptors (Lipinski definition) is 2. The average molecular weight is 480 g/mol. The third-order valence-corrected chi connectivity index (χ3v) is 10.7. The van der Waals surface area contributed by atoms with E-state index >= 15 is 0 Å². The maximum atomic E-state index is 12.8. The summed E-state index contributed by atoms with van der Waals surface area (Å²) < 4.78 is 5.72. The zero-order chi connectivity index (χ0) is 24.0. The minimum absolute atomic E-state index is 0.0286. The highest BCUT2D eigenvalue weighted by Crippen LogP contribution is 2.59. The minimum Gasteiger partial charge on any atom is -0.484 e. The zero-order valence-electron chi connectivity index (χ0n) is 22.1. The number of hydrogen-bond donors (Lipinski definition) is 1. The van der Waals surface area contributed by atoms with Gasteiger partial charge >= 0.3 is 0 Å². The highest BCUT2D eigenvalue weighted by Gasteiger charge is 2.52. The Balaban J connectivity index is 1.16. The van der Waals surface area contributed by atoms with Crippen LogP contribution in [0.4, 0.5) is 0 Å². The zero-order valence-corrected chi connectivity index (χ0v) is 22.1. The van der Waals surface area contributed by atoms with Gasteiger partial charge in [0.15, 0.2) is 6.61 Å². The second kappa shape index (κ2) is 11.7. The quantitative estimate of drug-likeness (QED) is 0.417. The molecule has 1 amide bonds. The van der Waals surface area contributed by atoms with Crippen LogP contribution < -0.4 is 10.1 Å². The number of nitrogens with one attached hydrogen (secondary N) is 1. The molecule has 35 heavy (non-hydrogen) atoms. The van der Waals surface area contributed by atoms with Crippen molar-refractivity contribution >= 4 is 5.91 Å². The van der Waals surface area contributed by atoms with Gasteiger partial charge in [-0.2, -0.15) is 0 Å². The van der Waals surface area contributed by atoms with Crippen molar-refractivity contribution in [2.45, 2.75) is 128 Å². The van der Waals surface area contributed by atoms with Crippen LogP contribution in [-0.2, 0) is 4.79 Å². The number of benzene rings is 1. The Kier molecular flexibility index (Phi) is 8.40. The van der Waals surface area contributed by atoms with Crippen LogP contribution in [0.25, 0.3) is 0 Å². The van der Waals surface area contributed by atoms with Crippen molar-refractivity contribution in [2.75, 3.05) is 6.61 Å². The summed E-state index contributed by atoms with van der Waals surface area (Å²) in [5.41, 5.74) is 0.592. The second-order valence-corrected chi connectivity index (χ2v) is 12.7. The van der Waals surface area contributed by atoms with E-state index in [4.69, 9.17) is 4.74 Å². The molecule has 1 aromatic rings. The Hall–Kier alpha value is -1.51. The van der Waals surface area contributed by atoms with Crippen LogP contribution >= 0.6 is 0 Å². The lowest BCUT2D eigenvalue weighted by Gasteiger charge is -2.57. The van der Waals surface area contributed by atoms with E-state index in [0.717, 1.165) is 23.5 Å². The summed E-state index contributed by atoms with van der Waals surface area (Å²) >= 11 is 0. The van der Waals surface area contributed by atoms with E-state index in [1.54, 1.807) is 0 Å². The summed E-state index contributed by atoms with van der Waals surface area (Å²) in [5, 5.41) is 3.44. The van der Waals surface area contributed by atoms with Gasteiger partial charge in [0, 0.05) is 5.54 Å². The summed E-state index contributed by atoms with van der Waals surface area (Å²) in [7, 11) is 0. The molecule has 2 bridgehead atoms. The van der Waals surface area contributed by atoms with E-state index in [9.17, 15) is 4.79 Å². The molecule has 0 heterocycles. The normalized spacial score (nSPS) is 34.7. The van der Waals surface area contributed by atoms with E-state index < -0.39 is 0 Å². The molecule has 2 unspecified atom stereocenters. The van der Waals surface area contributed by atoms with Crippen molar-refractivity contribution in [3.8, 4) is 5.75 Å².